The highest BCUT2D eigenvalue weighted by molar-refractivity contribution is 7.15. The molecule has 0 atom stereocenters. The molecule has 0 radical (unpaired) electrons. The van der Waals surface area contributed by atoms with Crippen LogP contribution in [-0.4, -0.2) is 53.1 Å². The fourth-order valence-electron chi connectivity index (χ4n) is 3.21. The molecule has 28 heavy (non-hydrogen) atoms. The topological polar surface area (TPSA) is 78.4 Å². The summed E-state index contributed by atoms with van der Waals surface area (Å²) in [4.78, 5) is 28.4. The highest BCUT2D eigenvalue weighted by Crippen LogP contribution is 2.42. The number of halogens is 1. The number of nitrogens with zero attached hydrogens (tertiary/aromatic N) is 4. The Morgan fingerprint density at radius 2 is 1.79 bits per heavy atom. The molecule has 2 amide bonds. The van der Waals surface area contributed by atoms with Crippen LogP contribution >= 0.6 is 11.3 Å². The number of amides is 2. The average molecular weight is 403 g/mol. The number of rotatable bonds is 6. The number of hydrogen-bond acceptors (Lipinski definition) is 6. The summed E-state index contributed by atoms with van der Waals surface area (Å²) in [5.74, 6) is 0.0214. The van der Waals surface area contributed by atoms with E-state index in [2.05, 4.69) is 20.4 Å². The van der Waals surface area contributed by atoms with Crippen LogP contribution in [0.3, 0.4) is 0 Å². The summed E-state index contributed by atoms with van der Waals surface area (Å²) in [5, 5.41) is 12.3. The third kappa shape index (κ3) is 4.64. The Morgan fingerprint density at radius 3 is 2.46 bits per heavy atom. The second-order valence-corrected chi connectivity index (χ2v) is 8.12. The molecule has 2 aliphatic rings. The fourth-order valence-corrected chi connectivity index (χ4v) is 4.14. The van der Waals surface area contributed by atoms with Gasteiger partial charge in [0.2, 0.25) is 16.9 Å². The molecule has 9 heteroatoms. The van der Waals surface area contributed by atoms with E-state index in [0.29, 0.717) is 37.2 Å². The lowest BCUT2D eigenvalue weighted by Gasteiger charge is -2.36. The average Bonchev–Trinajstić information content (AvgIpc) is 3.46. The van der Waals surface area contributed by atoms with Gasteiger partial charge in [0.25, 0.3) is 0 Å². The van der Waals surface area contributed by atoms with E-state index in [-0.39, 0.29) is 30.5 Å². The summed E-state index contributed by atoms with van der Waals surface area (Å²) >= 11 is 1.41. The number of aromatic nitrogens is 2. The summed E-state index contributed by atoms with van der Waals surface area (Å²) in [6.07, 6.45) is 2.60. The molecule has 0 unspecified atom stereocenters. The number of nitrogens with one attached hydrogen (secondary N) is 1. The van der Waals surface area contributed by atoms with Crippen molar-refractivity contribution in [1.29, 1.82) is 0 Å². The van der Waals surface area contributed by atoms with Crippen LogP contribution in [0.4, 0.5) is 15.2 Å². The number of anilines is 2. The molecule has 1 N–H and O–H groups in total. The lowest BCUT2D eigenvalue weighted by atomic mass is 10.2. The Labute approximate surface area is 166 Å². The predicted molar refractivity (Wildman–Crippen MR) is 105 cm³/mol. The lowest BCUT2D eigenvalue weighted by Crippen LogP contribution is -2.48. The van der Waals surface area contributed by atoms with Crippen molar-refractivity contribution >= 4 is 34.0 Å². The van der Waals surface area contributed by atoms with E-state index in [1.165, 1.54) is 23.5 Å². The summed E-state index contributed by atoms with van der Waals surface area (Å²) in [5.41, 5.74) is 0.954. The van der Waals surface area contributed by atoms with Gasteiger partial charge in [0.15, 0.2) is 0 Å². The SMILES string of the molecule is O=C(CCC(=O)N1CCN(c2ccc(F)cc2)CC1)Nc1nnc(C2CC2)s1. The van der Waals surface area contributed by atoms with Crippen LogP contribution in [0.25, 0.3) is 0 Å². The van der Waals surface area contributed by atoms with Gasteiger partial charge in [-0.1, -0.05) is 11.3 Å². The van der Waals surface area contributed by atoms with Crippen molar-refractivity contribution in [3.8, 4) is 0 Å². The van der Waals surface area contributed by atoms with Crippen molar-refractivity contribution in [2.24, 2.45) is 0 Å². The second-order valence-electron chi connectivity index (χ2n) is 7.11. The van der Waals surface area contributed by atoms with E-state index in [9.17, 15) is 14.0 Å². The van der Waals surface area contributed by atoms with Gasteiger partial charge in [0.05, 0.1) is 0 Å². The fraction of sp³-hybridized carbons (Fsp3) is 0.474. The molecular formula is C19H22FN5O2S. The Hall–Kier alpha value is -2.55. The van der Waals surface area contributed by atoms with Gasteiger partial charge in [-0.3, -0.25) is 9.59 Å². The van der Waals surface area contributed by atoms with Gasteiger partial charge >= 0.3 is 0 Å². The van der Waals surface area contributed by atoms with Crippen LogP contribution in [0.15, 0.2) is 24.3 Å². The minimum absolute atomic E-state index is 0.0233. The van der Waals surface area contributed by atoms with Crippen molar-refractivity contribution < 1.29 is 14.0 Å². The molecule has 2 aromatic rings. The van der Waals surface area contributed by atoms with Crippen molar-refractivity contribution in [1.82, 2.24) is 15.1 Å². The van der Waals surface area contributed by atoms with Gasteiger partial charge in [0.1, 0.15) is 10.8 Å². The zero-order chi connectivity index (χ0) is 19.5. The number of carbonyl (C=O) groups excluding carboxylic acids is 2. The van der Waals surface area contributed by atoms with Crippen molar-refractivity contribution in [3.05, 3.63) is 35.1 Å². The minimum Gasteiger partial charge on any atom is -0.368 e. The normalized spacial score (nSPS) is 16.9. The van der Waals surface area contributed by atoms with Crippen LogP contribution in [0.1, 0.15) is 36.6 Å². The molecule has 148 valence electrons. The Kier molecular flexibility index (Phi) is 5.52. The maximum absolute atomic E-state index is 13.0. The first-order valence-corrected chi connectivity index (χ1v) is 10.3. The third-order valence-electron chi connectivity index (χ3n) is 5.00. The largest absolute Gasteiger partial charge is 0.368 e. The first-order chi connectivity index (χ1) is 13.6. The van der Waals surface area contributed by atoms with Gasteiger partial charge in [-0.25, -0.2) is 4.39 Å². The van der Waals surface area contributed by atoms with Crippen molar-refractivity contribution in [2.45, 2.75) is 31.6 Å². The van der Waals surface area contributed by atoms with E-state index in [0.717, 1.165) is 23.5 Å². The minimum atomic E-state index is -0.256. The lowest BCUT2D eigenvalue weighted by molar-refractivity contribution is -0.133. The maximum atomic E-state index is 13.0. The van der Waals surface area contributed by atoms with E-state index in [1.807, 2.05) is 0 Å². The highest BCUT2D eigenvalue weighted by Gasteiger charge is 2.28. The molecule has 4 rings (SSSR count). The molecule has 1 saturated heterocycles. The first-order valence-electron chi connectivity index (χ1n) is 9.50. The Bertz CT molecular complexity index is 844. The molecule has 1 aliphatic heterocycles. The molecule has 1 aliphatic carbocycles. The van der Waals surface area contributed by atoms with Gasteiger partial charge in [0, 0.05) is 50.6 Å². The second kappa shape index (κ2) is 8.22. The zero-order valence-corrected chi connectivity index (χ0v) is 16.3. The summed E-state index contributed by atoms with van der Waals surface area (Å²) in [7, 11) is 0. The smallest absolute Gasteiger partial charge is 0.226 e. The maximum Gasteiger partial charge on any atom is 0.226 e. The Balaban J connectivity index is 1.19. The molecular weight excluding hydrogens is 381 g/mol. The molecule has 2 fully saturated rings. The summed E-state index contributed by atoms with van der Waals surface area (Å²) in [6.45, 7) is 2.58. The van der Waals surface area contributed by atoms with Gasteiger partial charge < -0.3 is 15.1 Å². The molecule has 0 spiro atoms. The monoisotopic (exact) mass is 403 g/mol. The van der Waals surface area contributed by atoms with Crippen LogP contribution in [-0.2, 0) is 9.59 Å². The van der Waals surface area contributed by atoms with Crippen LogP contribution in [0.5, 0.6) is 0 Å². The standard InChI is InChI=1S/C19H22FN5O2S/c20-14-3-5-15(6-4-14)24-9-11-25(12-10-24)17(27)8-7-16(26)21-19-23-22-18(28-19)13-1-2-13/h3-6,13H,1-2,7-12H2,(H,21,23,26). The Morgan fingerprint density at radius 1 is 1.07 bits per heavy atom. The van der Waals surface area contributed by atoms with Crippen molar-refractivity contribution in [2.75, 3.05) is 36.4 Å². The third-order valence-corrected chi connectivity index (χ3v) is 6.00. The number of piperazine rings is 1. The first kappa shape index (κ1) is 18.8. The molecule has 2 heterocycles. The predicted octanol–water partition coefficient (Wildman–Crippen LogP) is 2.62. The van der Waals surface area contributed by atoms with Crippen LogP contribution in [0.2, 0.25) is 0 Å². The molecule has 1 aromatic carbocycles. The molecule has 7 nitrogen and oxygen atoms in total. The van der Waals surface area contributed by atoms with E-state index in [4.69, 9.17) is 0 Å². The van der Waals surface area contributed by atoms with Gasteiger partial charge in [-0.05, 0) is 37.1 Å². The summed E-state index contributed by atoms with van der Waals surface area (Å²) < 4.78 is 13.0. The quantitative estimate of drug-likeness (QED) is 0.802. The van der Waals surface area contributed by atoms with E-state index in [1.54, 1.807) is 17.0 Å². The van der Waals surface area contributed by atoms with E-state index >= 15 is 0 Å². The number of benzene rings is 1. The number of carbonyl (C=O) groups is 2. The van der Waals surface area contributed by atoms with Crippen LogP contribution in [0, 0.1) is 5.82 Å². The number of hydrogen-bond donors (Lipinski definition) is 1. The molecule has 0 bridgehead atoms. The van der Waals surface area contributed by atoms with Crippen molar-refractivity contribution in [3.63, 3.8) is 0 Å². The van der Waals surface area contributed by atoms with Crippen LogP contribution < -0.4 is 10.2 Å². The molecule has 1 aromatic heterocycles. The van der Waals surface area contributed by atoms with Gasteiger partial charge in [-0.15, -0.1) is 10.2 Å². The van der Waals surface area contributed by atoms with Gasteiger partial charge in [-0.2, -0.15) is 0 Å². The molecule has 1 saturated carbocycles. The zero-order valence-electron chi connectivity index (χ0n) is 15.4. The van der Waals surface area contributed by atoms with E-state index < -0.39 is 0 Å². The summed E-state index contributed by atoms with van der Waals surface area (Å²) in [6, 6.07) is 6.38. The highest BCUT2D eigenvalue weighted by atomic mass is 32.1.